The molecule has 0 fully saturated rings. The van der Waals surface area contributed by atoms with Gasteiger partial charge < -0.3 is 0 Å². The van der Waals surface area contributed by atoms with Crippen molar-refractivity contribution in [2.24, 2.45) is 0 Å². The van der Waals surface area contributed by atoms with Crippen molar-refractivity contribution in [3.63, 3.8) is 0 Å². The van der Waals surface area contributed by atoms with E-state index in [9.17, 15) is 8.42 Å². The molecule has 1 unspecified atom stereocenters. The molecule has 1 atom stereocenters. The molecule has 0 aliphatic carbocycles. The maximum Gasteiger partial charge on any atom is 0.240 e. The van der Waals surface area contributed by atoms with E-state index in [1.54, 1.807) is 12.1 Å². The van der Waals surface area contributed by atoms with E-state index in [1.807, 2.05) is 19.1 Å². The van der Waals surface area contributed by atoms with Gasteiger partial charge in [-0.1, -0.05) is 45.2 Å². The van der Waals surface area contributed by atoms with Gasteiger partial charge >= 0.3 is 0 Å². The third-order valence-corrected chi connectivity index (χ3v) is 4.84. The fraction of sp³-hybridized carbons (Fsp3) is 0.600. The molecule has 0 bridgehead atoms. The second kappa shape index (κ2) is 7.65. The van der Waals surface area contributed by atoms with E-state index in [-0.39, 0.29) is 6.04 Å². The SMILES string of the molecule is CCCCCC(C)NS(=O)(=O)c1ccc(CC)cc1. The Morgan fingerprint density at radius 1 is 1.11 bits per heavy atom. The van der Waals surface area contributed by atoms with Gasteiger partial charge in [-0.2, -0.15) is 0 Å². The minimum Gasteiger partial charge on any atom is -0.208 e. The van der Waals surface area contributed by atoms with Crippen LogP contribution in [0, 0.1) is 0 Å². The number of aryl methyl sites for hydroxylation is 1. The Hall–Kier alpha value is -0.870. The molecule has 0 aliphatic heterocycles. The largest absolute Gasteiger partial charge is 0.240 e. The number of hydrogen-bond acceptors (Lipinski definition) is 2. The van der Waals surface area contributed by atoms with Gasteiger partial charge in [-0.15, -0.1) is 0 Å². The second-order valence-corrected chi connectivity index (χ2v) is 6.73. The van der Waals surface area contributed by atoms with Crippen LogP contribution in [-0.4, -0.2) is 14.5 Å². The average Bonchev–Trinajstić information content (AvgIpc) is 2.38. The van der Waals surface area contributed by atoms with Crippen LogP contribution in [-0.2, 0) is 16.4 Å². The van der Waals surface area contributed by atoms with Crippen molar-refractivity contribution in [3.05, 3.63) is 29.8 Å². The van der Waals surface area contributed by atoms with E-state index in [4.69, 9.17) is 0 Å². The van der Waals surface area contributed by atoms with Crippen LogP contribution in [0.15, 0.2) is 29.2 Å². The molecule has 4 heteroatoms. The lowest BCUT2D eigenvalue weighted by Crippen LogP contribution is -2.32. The topological polar surface area (TPSA) is 46.2 Å². The number of nitrogens with one attached hydrogen (secondary N) is 1. The lowest BCUT2D eigenvalue weighted by Gasteiger charge is -2.14. The summed E-state index contributed by atoms with van der Waals surface area (Å²) < 4.78 is 27.1. The molecule has 1 rings (SSSR count). The van der Waals surface area contributed by atoms with Gasteiger partial charge in [-0.3, -0.25) is 0 Å². The van der Waals surface area contributed by atoms with Gasteiger partial charge in [0, 0.05) is 6.04 Å². The van der Waals surface area contributed by atoms with E-state index in [0.29, 0.717) is 4.90 Å². The fourth-order valence-electron chi connectivity index (χ4n) is 2.00. The van der Waals surface area contributed by atoms with E-state index in [0.717, 1.165) is 37.7 Å². The number of benzene rings is 1. The van der Waals surface area contributed by atoms with E-state index in [2.05, 4.69) is 18.6 Å². The van der Waals surface area contributed by atoms with Crippen molar-refractivity contribution in [1.29, 1.82) is 0 Å². The summed E-state index contributed by atoms with van der Waals surface area (Å²) in [4.78, 5) is 0.354. The third kappa shape index (κ3) is 5.33. The quantitative estimate of drug-likeness (QED) is 0.742. The van der Waals surface area contributed by atoms with Crippen LogP contribution >= 0.6 is 0 Å². The first-order chi connectivity index (χ1) is 8.99. The predicted octanol–water partition coefficient (Wildman–Crippen LogP) is 3.50. The highest BCUT2D eigenvalue weighted by atomic mass is 32.2. The van der Waals surface area contributed by atoms with Crippen molar-refractivity contribution >= 4 is 10.0 Å². The summed E-state index contributed by atoms with van der Waals surface area (Å²) in [6.45, 7) is 6.12. The Balaban J connectivity index is 2.63. The molecule has 0 aromatic heterocycles. The Kier molecular flexibility index (Phi) is 6.52. The highest BCUT2D eigenvalue weighted by Gasteiger charge is 2.16. The number of hydrogen-bond donors (Lipinski definition) is 1. The molecule has 108 valence electrons. The van der Waals surface area contributed by atoms with Crippen molar-refractivity contribution < 1.29 is 8.42 Å². The van der Waals surface area contributed by atoms with Gasteiger partial charge in [0.15, 0.2) is 0 Å². The van der Waals surface area contributed by atoms with Crippen molar-refractivity contribution in [2.75, 3.05) is 0 Å². The molecule has 1 aromatic rings. The first kappa shape index (κ1) is 16.2. The second-order valence-electron chi connectivity index (χ2n) is 5.02. The van der Waals surface area contributed by atoms with Gasteiger partial charge in [0.2, 0.25) is 10.0 Å². The zero-order chi connectivity index (χ0) is 14.3. The van der Waals surface area contributed by atoms with E-state index in [1.165, 1.54) is 0 Å². The smallest absolute Gasteiger partial charge is 0.208 e. The zero-order valence-electron chi connectivity index (χ0n) is 12.1. The highest BCUT2D eigenvalue weighted by Crippen LogP contribution is 2.13. The van der Waals surface area contributed by atoms with Gasteiger partial charge in [-0.25, -0.2) is 13.1 Å². The number of sulfonamides is 1. The first-order valence-corrected chi connectivity index (χ1v) is 8.59. The van der Waals surface area contributed by atoms with Gasteiger partial charge in [-0.05, 0) is 37.5 Å². The maximum atomic E-state index is 12.2. The Bertz CT molecular complexity index is 465. The fourth-order valence-corrected chi connectivity index (χ4v) is 3.27. The molecule has 0 saturated carbocycles. The van der Waals surface area contributed by atoms with Crippen LogP contribution in [0.25, 0.3) is 0 Å². The van der Waals surface area contributed by atoms with Gasteiger partial charge in [0.05, 0.1) is 4.90 Å². The molecular weight excluding hydrogens is 258 g/mol. The van der Waals surface area contributed by atoms with Crippen LogP contribution < -0.4 is 4.72 Å². The normalized spacial score (nSPS) is 13.4. The molecule has 0 radical (unpaired) electrons. The predicted molar refractivity (Wildman–Crippen MR) is 79.7 cm³/mol. The summed E-state index contributed by atoms with van der Waals surface area (Å²) in [5, 5.41) is 0. The molecular formula is C15H25NO2S. The summed E-state index contributed by atoms with van der Waals surface area (Å²) in [5.74, 6) is 0. The van der Waals surface area contributed by atoms with Crippen molar-refractivity contribution in [3.8, 4) is 0 Å². The summed E-state index contributed by atoms with van der Waals surface area (Å²) in [5.41, 5.74) is 1.15. The molecule has 0 heterocycles. The van der Waals surface area contributed by atoms with Crippen LogP contribution in [0.2, 0.25) is 0 Å². The van der Waals surface area contributed by atoms with E-state index >= 15 is 0 Å². The van der Waals surface area contributed by atoms with E-state index < -0.39 is 10.0 Å². The third-order valence-electron chi connectivity index (χ3n) is 3.24. The maximum absolute atomic E-state index is 12.2. The molecule has 1 aromatic carbocycles. The monoisotopic (exact) mass is 283 g/mol. The summed E-state index contributed by atoms with van der Waals surface area (Å²) >= 11 is 0. The molecule has 0 saturated heterocycles. The minimum absolute atomic E-state index is 0.0117. The molecule has 0 spiro atoms. The average molecular weight is 283 g/mol. The molecule has 3 nitrogen and oxygen atoms in total. The van der Waals surface area contributed by atoms with Gasteiger partial charge in [0.25, 0.3) is 0 Å². The molecule has 0 amide bonds. The van der Waals surface area contributed by atoms with Crippen molar-refractivity contribution in [1.82, 2.24) is 4.72 Å². The standard InChI is InChI=1S/C15H25NO2S/c1-4-6-7-8-13(3)16-19(17,18)15-11-9-14(5-2)10-12-15/h9-13,16H,4-8H2,1-3H3. The highest BCUT2D eigenvalue weighted by molar-refractivity contribution is 7.89. The van der Waals surface area contributed by atoms with Gasteiger partial charge in [0.1, 0.15) is 0 Å². The Morgan fingerprint density at radius 3 is 2.26 bits per heavy atom. The van der Waals surface area contributed by atoms with Crippen LogP contribution in [0.5, 0.6) is 0 Å². The molecule has 1 N–H and O–H groups in total. The summed E-state index contributed by atoms with van der Waals surface area (Å²) in [7, 11) is -3.37. The Labute approximate surface area is 117 Å². The zero-order valence-corrected chi connectivity index (χ0v) is 13.0. The number of rotatable bonds is 8. The summed E-state index contributed by atoms with van der Waals surface area (Å²) in [6.07, 6.45) is 5.17. The van der Waals surface area contributed by atoms with Crippen LogP contribution in [0.3, 0.4) is 0 Å². The van der Waals surface area contributed by atoms with Crippen LogP contribution in [0.1, 0.15) is 52.0 Å². The van der Waals surface area contributed by atoms with Crippen molar-refractivity contribution in [2.45, 2.75) is 63.8 Å². The molecule has 0 aliphatic rings. The van der Waals surface area contributed by atoms with Crippen LogP contribution in [0.4, 0.5) is 0 Å². The lowest BCUT2D eigenvalue weighted by molar-refractivity contribution is 0.527. The Morgan fingerprint density at radius 2 is 1.74 bits per heavy atom. The molecule has 19 heavy (non-hydrogen) atoms. The number of unbranched alkanes of at least 4 members (excludes halogenated alkanes) is 2. The lowest BCUT2D eigenvalue weighted by atomic mass is 10.1. The minimum atomic E-state index is -3.37. The summed E-state index contributed by atoms with van der Waals surface area (Å²) in [6, 6.07) is 7.09. The first-order valence-electron chi connectivity index (χ1n) is 7.10.